The van der Waals surface area contributed by atoms with E-state index in [-0.39, 0.29) is 31.0 Å². The van der Waals surface area contributed by atoms with Gasteiger partial charge in [-0.1, -0.05) is 30.3 Å². The van der Waals surface area contributed by atoms with Crippen LogP contribution in [0.25, 0.3) is 0 Å². The molecule has 2 aromatic carbocycles. The van der Waals surface area contributed by atoms with E-state index >= 15 is 0 Å². The number of likely N-dealkylation sites (tertiary alicyclic amines) is 2. The normalized spacial score (nSPS) is 20.9. The zero-order valence-corrected chi connectivity index (χ0v) is 20.3. The number of carbonyl (C=O) groups excluding carboxylic acids is 2. The first-order chi connectivity index (χ1) is 17.5. The summed E-state index contributed by atoms with van der Waals surface area (Å²) < 4.78 is 17.0. The van der Waals surface area contributed by atoms with Crippen molar-refractivity contribution >= 4 is 11.8 Å². The van der Waals surface area contributed by atoms with Crippen molar-refractivity contribution in [2.75, 3.05) is 27.3 Å². The second-order valence-corrected chi connectivity index (χ2v) is 8.84. The summed E-state index contributed by atoms with van der Waals surface area (Å²) in [5.74, 6) is -0.174. The predicted molar refractivity (Wildman–Crippen MR) is 129 cm³/mol. The Bertz CT molecular complexity index is 1180. The van der Waals surface area contributed by atoms with Crippen LogP contribution in [0.5, 0.6) is 17.2 Å². The lowest BCUT2D eigenvalue weighted by atomic mass is 10.1. The molecule has 4 rings (SSSR count). The maximum absolute atomic E-state index is 13.6. The predicted octanol–water partition coefficient (Wildman–Crippen LogP) is 3.15. The zero-order chi connectivity index (χ0) is 25.7. The molecule has 0 saturated carbocycles. The number of amides is 2. The molecule has 0 radical (unpaired) electrons. The van der Waals surface area contributed by atoms with Crippen LogP contribution in [0.1, 0.15) is 35.2 Å². The molecule has 3 atom stereocenters. The minimum Gasteiger partial charge on any atom is -0.493 e. The Hall–Kier alpha value is -4.24. The summed E-state index contributed by atoms with van der Waals surface area (Å²) in [5.41, 5.74) is 1.21. The van der Waals surface area contributed by atoms with E-state index in [1.165, 1.54) is 24.0 Å². The summed E-state index contributed by atoms with van der Waals surface area (Å²) in [7, 11) is 2.95. The molecule has 9 nitrogen and oxygen atoms in total. The maximum Gasteiger partial charge on any atom is 0.254 e. The molecule has 2 amide bonds. The number of carbonyl (C=O) groups is 2. The Kier molecular flexibility index (Phi) is 7.60. The number of rotatable bonds is 7. The van der Waals surface area contributed by atoms with Crippen molar-refractivity contribution in [3.8, 4) is 29.4 Å². The molecule has 2 aromatic rings. The quantitative estimate of drug-likeness (QED) is 0.588. The lowest BCUT2D eigenvalue weighted by molar-refractivity contribution is -0.135. The summed E-state index contributed by atoms with van der Waals surface area (Å²) in [5, 5.41) is 19.0. The zero-order valence-electron chi connectivity index (χ0n) is 20.3. The van der Waals surface area contributed by atoms with Crippen LogP contribution < -0.4 is 14.2 Å². The van der Waals surface area contributed by atoms with Gasteiger partial charge in [-0.25, -0.2) is 0 Å². The van der Waals surface area contributed by atoms with Crippen LogP contribution in [0.2, 0.25) is 0 Å². The highest BCUT2D eigenvalue weighted by molar-refractivity contribution is 5.99. The maximum atomic E-state index is 13.6. The van der Waals surface area contributed by atoms with Crippen LogP contribution in [-0.2, 0) is 11.4 Å². The molecule has 0 N–H and O–H groups in total. The molecule has 1 unspecified atom stereocenters. The van der Waals surface area contributed by atoms with E-state index in [0.29, 0.717) is 30.2 Å². The first kappa shape index (κ1) is 24.9. The first-order valence-corrected chi connectivity index (χ1v) is 11.8. The van der Waals surface area contributed by atoms with Crippen LogP contribution in [-0.4, -0.2) is 61.0 Å². The number of hydrogen-bond acceptors (Lipinski definition) is 7. The van der Waals surface area contributed by atoms with Crippen molar-refractivity contribution in [2.24, 2.45) is 5.92 Å². The lowest BCUT2D eigenvalue weighted by Gasteiger charge is -2.29. The minimum absolute atomic E-state index is 0.133. The molecular formula is C27H28N4O5. The molecule has 2 heterocycles. The topological polar surface area (TPSA) is 116 Å². The number of methoxy groups -OCH3 is 2. The number of nitrogens with zero attached hydrogens (tertiary/aromatic N) is 4. The molecular weight excluding hydrogens is 460 g/mol. The number of ether oxygens (including phenoxy) is 3. The summed E-state index contributed by atoms with van der Waals surface area (Å²) in [6, 6.07) is 15.8. The monoisotopic (exact) mass is 488 g/mol. The first-order valence-electron chi connectivity index (χ1n) is 11.8. The Morgan fingerprint density at radius 1 is 1.03 bits per heavy atom. The fraction of sp³-hybridized carbons (Fsp3) is 0.407. The molecule has 9 heteroatoms. The molecule has 2 aliphatic heterocycles. The van der Waals surface area contributed by atoms with Gasteiger partial charge in [0.25, 0.3) is 5.91 Å². The van der Waals surface area contributed by atoms with Gasteiger partial charge >= 0.3 is 0 Å². The largest absolute Gasteiger partial charge is 0.493 e. The van der Waals surface area contributed by atoms with Gasteiger partial charge in [0.05, 0.1) is 32.3 Å². The van der Waals surface area contributed by atoms with E-state index in [1.807, 2.05) is 30.3 Å². The number of benzene rings is 2. The Morgan fingerprint density at radius 3 is 2.33 bits per heavy atom. The van der Waals surface area contributed by atoms with Gasteiger partial charge in [0.15, 0.2) is 11.5 Å². The van der Waals surface area contributed by atoms with Crippen molar-refractivity contribution < 1.29 is 23.8 Å². The highest BCUT2D eigenvalue weighted by atomic mass is 16.5. The molecule has 2 aliphatic rings. The Morgan fingerprint density at radius 2 is 1.72 bits per heavy atom. The third kappa shape index (κ3) is 4.92. The minimum atomic E-state index is -0.804. The summed E-state index contributed by atoms with van der Waals surface area (Å²) in [4.78, 5) is 30.0. The van der Waals surface area contributed by atoms with E-state index in [4.69, 9.17) is 14.2 Å². The number of hydrogen-bond donors (Lipinski definition) is 0. The molecule has 36 heavy (non-hydrogen) atoms. The van der Waals surface area contributed by atoms with Gasteiger partial charge in [0.2, 0.25) is 11.7 Å². The van der Waals surface area contributed by atoms with E-state index in [9.17, 15) is 20.1 Å². The van der Waals surface area contributed by atoms with Crippen molar-refractivity contribution in [1.82, 2.24) is 9.80 Å². The van der Waals surface area contributed by atoms with E-state index in [0.717, 1.165) is 12.0 Å². The van der Waals surface area contributed by atoms with Crippen molar-refractivity contribution in [3.63, 3.8) is 0 Å². The molecule has 2 fully saturated rings. The van der Waals surface area contributed by atoms with Crippen LogP contribution in [0.3, 0.4) is 0 Å². The van der Waals surface area contributed by atoms with Gasteiger partial charge in [0.1, 0.15) is 18.7 Å². The molecule has 0 bridgehead atoms. The standard InChI is InChI=1S/C27H28N4O5/c1-34-23-12-20(13-24(35-2)25(23)36-17-18-7-4-3-5-8-18)26(32)31-16-19(14-28)11-22(31)27(33)30-10-6-9-21(30)15-29/h3-5,7-8,12-13,19,21-22H,6,9-11,16-17H2,1-2H3/t19-,21?,22-/m0/s1. The average Bonchev–Trinajstić information content (AvgIpc) is 3.58. The van der Waals surface area contributed by atoms with E-state index in [2.05, 4.69) is 12.1 Å². The van der Waals surface area contributed by atoms with E-state index in [1.54, 1.807) is 12.1 Å². The van der Waals surface area contributed by atoms with Crippen LogP contribution >= 0.6 is 0 Å². The third-order valence-electron chi connectivity index (χ3n) is 6.65. The fourth-order valence-electron chi connectivity index (χ4n) is 4.79. The average molecular weight is 489 g/mol. The summed E-state index contributed by atoms with van der Waals surface area (Å²) in [6.45, 7) is 0.888. The summed E-state index contributed by atoms with van der Waals surface area (Å²) >= 11 is 0. The van der Waals surface area contributed by atoms with Crippen LogP contribution in [0, 0.1) is 28.6 Å². The highest BCUT2D eigenvalue weighted by Crippen LogP contribution is 2.40. The highest BCUT2D eigenvalue weighted by Gasteiger charge is 2.44. The summed E-state index contributed by atoms with van der Waals surface area (Å²) in [6.07, 6.45) is 1.59. The molecule has 0 spiro atoms. The molecule has 2 saturated heterocycles. The van der Waals surface area contributed by atoms with Crippen molar-refractivity contribution in [1.29, 1.82) is 10.5 Å². The SMILES string of the molecule is COc1cc(C(=O)N2C[C@H](C#N)C[C@H]2C(=O)N2CCCC2C#N)cc(OC)c1OCc1ccccc1. The van der Waals surface area contributed by atoms with Gasteiger partial charge in [-0.3, -0.25) is 9.59 Å². The van der Waals surface area contributed by atoms with Crippen molar-refractivity contribution in [2.45, 2.75) is 38.0 Å². The molecule has 0 aliphatic carbocycles. The van der Waals surface area contributed by atoms with Gasteiger partial charge in [-0.05, 0) is 37.0 Å². The number of nitriles is 2. The lowest BCUT2D eigenvalue weighted by Crippen LogP contribution is -2.49. The van der Waals surface area contributed by atoms with E-state index < -0.39 is 23.9 Å². The second-order valence-electron chi connectivity index (χ2n) is 8.84. The second kappa shape index (κ2) is 11.0. The molecule has 0 aromatic heterocycles. The van der Waals surface area contributed by atoms with Gasteiger partial charge in [-0.15, -0.1) is 0 Å². The smallest absolute Gasteiger partial charge is 0.254 e. The van der Waals surface area contributed by atoms with Gasteiger partial charge in [0, 0.05) is 18.7 Å². The third-order valence-corrected chi connectivity index (χ3v) is 6.65. The Balaban J connectivity index is 1.61. The fourth-order valence-corrected chi connectivity index (χ4v) is 4.79. The van der Waals surface area contributed by atoms with Crippen LogP contribution in [0.15, 0.2) is 42.5 Å². The van der Waals surface area contributed by atoms with Gasteiger partial charge in [-0.2, -0.15) is 10.5 Å². The Labute approximate surface area is 210 Å². The van der Waals surface area contributed by atoms with Crippen LogP contribution in [0.4, 0.5) is 0 Å². The molecule has 186 valence electrons. The van der Waals surface area contributed by atoms with Crippen molar-refractivity contribution in [3.05, 3.63) is 53.6 Å². The van der Waals surface area contributed by atoms with Gasteiger partial charge < -0.3 is 24.0 Å².